The van der Waals surface area contributed by atoms with Crippen LogP contribution in [0.2, 0.25) is 0 Å². The Morgan fingerprint density at radius 1 is 1.35 bits per heavy atom. The summed E-state index contributed by atoms with van der Waals surface area (Å²) in [6, 6.07) is -0.105. The lowest BCUT2D eigenvalue weighted by Crippen LogP contribution is -2.46. The molecule has 2 aliphatic rings. The molecule has 0 radical (unpaired) electrons. The summed E-state index contributed by atoms with van der Waals surface area (Å²) >= 11 is 0. The van der Waals surface area contributed by atoms with Gasteiger partial charge in [-0.2, -0.15) is 0 Å². The summed E-state index contributed by atoms with van der Waals surface area (Å²) in [5.74, 6) is 0.876. The van der Waals surface area contributed by atoms with Crippen molar-refractivity contribution in [2.24, 2.45) is 11.8 Å². The van der Waals surface area contributed by atoms with E-state index in [0.29, 0.717) is 18.9 Å². The first-order valence-corrected chi connectivity index (χ1v) is 9.48. The van der Waals surface area contributed by atoms with Gasteiger partial charge in [-0.1, -0.05) is 20.3 Å². The maximum absolute atomic E-state index is 12.8. The summed E-state index contributed by atoms with van der Waals surface area (Å²) in [7, 11) is -2.95. The Kier molecular flexibility index (Phi) is 5.07. The van der Waals surface area contributed by atoms with Crippen LogP contribution in [0.4, 0.5) is 0 Å². The van der Waals surface area contributed by atoms with E-state index in [0.717, 1.165) is 25.9 Å². The van der Waals surface area contributed by atoms with Crippen LogP contribution in [0.1, 0.15) is 33.1 Å². The van der Waals surface area contributed by atoms with Crippen LogP contribution in [0.3, 0.4) is 0 Å². The van der Waals surface area contributed by atoms with Crippen molar-refractivity contribution in [3.8, 4) is 0 Å². The number of amides is 1. The van der Waals surface area contributed by atoms with Gasteiger partial charge in [0.15, 0.2) is 9.84 Å². The number of rotatable bonds is 5. The normalized spacial score (nSPS) is 32.4. The van der Waals surface area contributed by atoms with Gasteiger partial charge in [0, 0.05) is 19.1 Å². The quantitative estimate of drug-likeness (QED) is 0.810. The summed E-state index contributed by atoms with van der Waals surface area (Å²) < 4.78 is 23.4. The van der Waals surface area contributed by atoms with Crippen LogP contribution in [0.15, 0.2) is 0 Å². The van der Waals surface area contributed by atoms with Crippen molar-refractivity contribution < 1.29 is 13.2 Å². The number of hydrogen-bond donors (Lipinski definition) is 1. The monoisotopic (exact) mass is 302 g/mol. The average molecular weight is 302 g/mol. The Morgan fingerprint density at radius 2 is 2.10 bits per heavy atom. The lowest BCUT2D eigenvalue weighted by atomic mass is 9.95. The predicted octanol–water partition coefficient (Wildman–Crippen LogP) is 0.658. The van der Waals surface area contributed by atoms with Gasteiger partial charge in [-0.3, -0.25) is 4.79 Å². The van der Waals surface area contributed by atoms with E-state index in [9.17, 15) is 13.2 Å². The molecule has 2 fully saturated rings. The number of sulfone groups is 1. The Balaban J connectivity index is 2.08. The molecule has 2 aliphatic heterocycles. The molecular weight excluding hydrogens is 276 g/mol. The molecule has 0 spiro atoms. The second-order valence-electron chi connectivity index (χ2n) is 6.18. The van der Waals surface area contributed by atoms with Gasteiger partial charge in [0.1, 0.15) is 0 Å². The maximum atomic E-state index is 12.8. The molecule has 5 nitrogen and oxygen atoms in total. The summed E-state index contributed by atoms with van der Waals surface area (Å²) in [5.41, 5.74) is 0. The fourth-order valence-electron chi connectivity index (χ4n) is 3.18. The lowest BCUT2D eigenvalue weighted by Gasteiger charge is -2.31. The molecule has 0 aromatic rings. The molecule has 2 heterocycles. The van der Waals surface area contributed by atoms with Gasteiger partial charge in [-0.15, -0.1) is 0 Å². The Labute approximate surface area is 122 Å². The summed E-state index contributed by atoms with van der Waals surface area (Å²) in [6.45, 7) is 6.47. The zero-order valence-corrected chi connectivity index (χ0v) is 13.3. The molecule has 0 aromatic carbocycles. The third-order valence-electron chi connectivity index (χ3n) is 4.52. The van der Waals surface area contributed by atoms with Crippen LogP contribution >= 0.6 is 0 Å². The fourth-order valence-corrected chi connectivity index (χ4v) is 4.91. The number of carbonyl (C=O) groups excluding carboxylic acids is 1. The highest BCUT2D eigenvalue weighted by atomic mass is 32.2. The number of nitrogens with one attached hydrogen (secondary N) is 1. The molecule has 0 aliphatic carbocycles. The van der Waals surface area contributed by atoms with Crippen molar-refractivity contribution in [2.75, 3.05) is 31.1 Å². The highest BCUT2D eigenvalue weighted by Crippen LogP contribution is 2.24. The molecule has 3 atom stereocenters. The number of carbonyl (C=O) groups is 1. The first-order chi connectivity index (χ1) is 9.44. The third kappa shape index (κ3) is 3.52. The predicted molar refractivity (Wildman–Crippen MR) is 79.2 cm³/mol. The van der Waals surface area contributed by atoms with Gasteiger partial charge < -0.3 is 10.2 Å². The van der Waals surface area contributed by atoms with Gasteiger partial charge >= 0.3 is 0 Å². The molecule has 116 valence electrons. The maximum Gasteiger partial charge on any atom is 0.227 e. The summed E-state index contributed by atoms with van der Waals surface area (Å²) in [4.78, 5) is 14.6. The number of unbranched alkanes of at least 4 members (excludes halogenated alkanes) is 1. The zero-order valence-electron chi connectivity index (χ0n) is 12.5. The van der Waals surface area contributed by atoms with E-state index in [2.05, 4.69) is 19.2 Å². The molecule has 1 amide bonds. The van der Waals surface area contributed by atoms with Crippen molar-refractivity contribution in [3.63, 3.8) is 0 Å². The van der Waals surface area contributed by atoms with E-state index in [1.54, 1.807) is 0 Å². The standard InChI is InChI=1S/C14H26N2O3S/c1-3-4-6-16(12-5-7-20(18,19)10-12)14(17)13-9-15-8-11(13)2/h11-13,15H,3-10H2,1-2H3/t11-,12?,13-/m1/s1. The Bertz CT molecular complexity index is 449. The molecule has 20 heavy (non-hydrogen) atoms. The van der Waals surface area contributed by atoms with Gasteiger partial charge in [-0.25, -0.2) is 8.42 Å². The Hall–Kier alpha value is -0.620. The zero-order chi connectivity index (χ0) is 14.8. The van der Waals surface area contributed by atoms with E-state index in [-0.39, 0.29) is 29.4 Å². The van der Waals surface area contributed by atoms with Crippen LogP contribution < -0.4 is 5.32 Å². The average Bonchev–Trinajstić information content (AvgIpc) is 2.95. The minimum absolute atomic E-state index is 0.00941. The van der Waals surface area contributed by atoms with Crippen molar-refractivity contribution in [3.05, 3.63) is 0 Å². The Morgan fingerprint density at radius 3 is 2.60 bits per heavy atom. The SMILES string of the molecule is CCCCN(C(=O)[C@@H]1CNC[C@H]1C)C1CCS(=O)(=O)C1. The lowest BCUT2D eigenvalue weighted by molar-refractivity contribution is -0.138. The van der Waals surface area contributed by atoms with Crippen LogP contribution in [0.25, 0.3) is 0 Å². The largest absolute Gasteiger partial charge is 0.338 e. The third-order valence-corrected chi connectivity index (χ3v) is 6.27. The molecule has 2 rings (SSSR count). The van der Waals surface area contributed by atoms with Crippen molar-refractivity contribution >= 4 is 15.7 Å². The first-order valence-electron chi connectivity index (χ1n) is 7.66. The molecule has 0 aromatic heterocycles. The number of nitrogens with zero attached hydrogens (tertiary/aromatic N) is 1. The first kappa shape index (κ1) is 15.8. The van der Waals surface area contributed by atoms with Gasteiger partial charge in [0.2, 0.25) is 5.91 Å². The molecule has 1 N–H and O–H groups in total. The number of hydrogen-bond acceptors (Lipinski definition) is 4. The molecular formula is C14H26N2O3S. The van der Waals surface area contributed by atoms with Crippen molar-refractivity contribution in [1.82, 2.24) is 10.2 Å². The van der Waals surface area contributed by atoms with Crippen molar-refractivity contribution in [2.45, 2.75) is 39.2 Å². The van der Waals surface area contributed by atoms with E-state index < -0.39 is 9.84 Å². The minimum atomic E-state index is -2.95. The second kappa shape index (κ2) is 6.43. The molecule has 6 heteroatoms. The van der Waals surface area contributed by atoms with Gasteiger partial charge in [0.25, 0.3) is 0 Å². The molecule has 0 bridgehead atoms. The summed E-state index contributed by atoms with van der Waals surface area (Å²) in [6.07, 6.45) is 2.56. The topological polar surface area (TPSA) is 66.5 Å². The van der Waals surface area contributed by atoms with E-state index >= 15 is 0 Å². The summed E-state index contributed by atoms with van der Waals surface area (Å²) in [5, 5.41) is 3.26. The minimum Gasteiger partial charge on any atom is -0.338 e. The van der Waals surface area contributed by atoms with E-state index in [1.165, 1.54) is 0 Å². The van der Waals surface area contributed by atoms with Crippen LogP contribution in [-0.2, 0) is 14.6 Å². The molecule has 0 saturated carbocycles. The van der Waals surface area contributed by atoms with E-state index in [4.69, 9.17) is 0 Å². The van der Waals surface area contributed by atoms with Gasteiger partial charge in [-0.05, 0) is 25.3 Å². The van der Waals surface area contributed by atoms with Crippen LogP contribution in [0, 0.1) is 11.8 Å². The van der Waals surface area contributed by atoms with Gasteiger partial charge in [0.05, 0.1) is 17.4 Å². The van der Waals surface area contributed by atoms with E-state index in [1.807, 2.05) is 4.90 Å². The smallest absolute Gasteiger partial charge is 0.227 e. The fraction of sp³-hybridized carbons (Fsp3) is 0.929. The second-order valence-corrected chi connectivity index (χ2v) is 8.41. The highest BCUT2D eigenvalue weighted by molar-refractivity contribution is 7.91. The molecule has 2 saturated heterocycles. The van der Waals surface area contributed by atoms with Crippen LogP contribution in [0.5, 0.6) is 0 Å². The van der Waals surface area contributed by atoms with Crippen molar-refractivity contribution in [1.29, 1.82) is 0 Å². The van der Waals surface area contributed by atoms with Crippen LogP contribution in [-0.4, -0.2) is 56.4 Å². The highest BCUT2D eigenvalue weighted by Gasteiger charge is 2.39. The molecule has 1 unspecified atom stereocenters.